The van der Waals surface area contributed by atoms with E-state index < -0.39 is 6.10 Å². The second-order valence-corrected chi connectivity index (χ2v) is 6.76. The van der Waals surface area contributed by atoms with E-state index in [9.17, 15) is 4.79 Å². The Labute approximate surface area is 129 Å². The van der Waals surface area contributed by atoms with Gasteiger partial charge in [-0.1, -0.05) is 32.9 Å². The summed E-state index contributed by atoms with van der Waals surface area (Å²) in [5, 5.41) is 5.11. The van der Waals surface area contributed by atoms with Crippen molar-refractivity contribution in [2.24, 2.45) is 0 Å². The molecule has 0 aliphatic rings. The molecule has 0 aliphatic carbocycles. The maximum Gasteiger partial charge on any atom is 0.266 e. The molecule has 0 saturated heterocycles. The molecular weight excluding hydrogens is 284 g/mol. The lowest BCUT2D eigenvalue weighted by atomic mass is 9.87. The number of nitrogens with one attached hydrogen (secondary N) is 1. The topological polar surface area (TPSA) is 51.2 Å². The van der Waals surface area contributed by atoms with Gasteiger partial charge in [0.1, 0.15) is 5.75 Å². The van der Waals surface area contributed by atoms with Gasteiger partial charge in [0.25, 0.3) is 5.91 Å². The van der Waals surface area contributed by atoms with Crippen LogP contribution in [-0.4, -0.2) is 17.0 Å². The maximum absolute atomic E-state index is 12.0. The summed E-state index contributed by atoms with van der Waals surface area (Å²) < 4.78 is 5.66. The van der Waals surface area contributed by atoms with Gasteiger partial charge in [-0.05, 0) is 30.0 Å². The number of benzene rings is 1. The Hall–Kier alpha value is -1.88. The fourth-order valence-corrected chi connectivity index (χ4v) is 2.32. The van der Waals surface area contributed by atoms with E-state index in [1.807, 2.05) is 29.6 Å². The second-order valence-electron chi connectivity index (χ2n) is 5.86. The van der Waals surface area contributed by atoms with Crippen LogP contribution < -0.4 is 10.1 Å². The highest BCUT2D eigenvalue weighted by Crippen LogP contribution is 2.24. The number of ether oxygens (including phenoxy) is 1. The Morgan fingerprint density at radius 1 is 1.29 bits per heavy atom. The minimum atomic E-state index is -0.575. The van der Waals surface area contributed by atoms with Crippen LogP contribution in [0, 0.1) is 0 Å². The van der Waals surface area contributed by atoms with Crippen molar-refractivity contribution < 1.29 is 9.53 Å². The molecule has 1 atom stereocenters. The lowest BCUT2D eigenvalue weighted by Gasteiger charge is -2.20. The summed E-state index contributed by atoms with van der Waals surface area (Å²) in [6, 6.07) is 7.85. The van der Waals surface area contributed by atoms with Crippen molar-refractivity contribution in [3.8, 4) is 5.75 Å². The number of carbonyl (C=O) groups excluding carboxylic acids is 1. The third-order valence-electron chi connectivity index (χ3n) is 3.06. The molecule has 21 heavy (non-hydrogen) atoms. The first-order valence-electron chi connectivity index (χ1n) is 6.84. The van der Waals surface area contributed by atoms with E-state index in [0.717, 1.165) is 0 Å². The Morgan fingerprint density at radius 2 is 1.95 bits per heavy atom. The van der Waals surface area contributed by atoms with Gasteiger partial charge in [-0.2, -0.15) is 0 Å². The van der Waals surface area contributed by atoms with E-state index in [1.54, 1.807) is 13.1 Å². The second kappa shape index (κ2) is 6.26. The van der Waals surface area contributed by atoms with Gasteiger partial charge >= 0.3 is 0 Å². The standard InChI is InChI=1S/C16H20N2O2S/c1-11(14(19)18-15-17-9-10-21-15)20-13-7-5-12(6-8-13)16(2,3)4/h5-11H,1-4H3,(H,17,18,19)/t11-/m0/s1. The highest BCUT2D eigenvalue weighted by molar-refractivity contribution is 7.13. The van der Waals surface area contributed by atoms with Gasteiger partial charge in [-0.3, -0.25) is 10.1 Å². The van der Waals surface area contributed by atoms with Crippen LogP contribution >= 0.6 is 11.3 Å². The summed E-state index contributed by atoms with van der Waals surface area (Å²) in [7, 11) is 0. The van der Waals surface area contributed by atoms with Gasteiger partial charge in [-0.25, -0.2) is 4.98 Å². The Kier molecular flexibility index (Phi) is 4.63. The number of hydrogen-bond acceptors (Lipinski definition) is 4. The number of nitrogens with zero attached hydrogens (tertiary/aromatic N) is 1. The summed E-state index contributed by atoms with van der Waals surface area (Å²) in [4.78, 5) is 16.0. The molecule has 0 radical (unpaired) electrons. The molecular formula is C16H20N2O2S. The molecule has 1 heterocycles. The molecule has 0 bridgehead atoms. The molecule has 4 nitrogen and oxygen atoms in total. The van der Waals surface area contributed by atoms with Crippen LogP contribution in [0.25, 0.3) is 0 Å². The molecule has 112 valence electrons. The number of amides is 1. The van der Waals surface area contributed by atoms with Crippen LogP contribution in [0.4, 0.5) is 5.13 Å². The molecule has 0 aliphatic heterocycles. The predicted octanol–water partition coefficient (Wildman–Crippen LogP) is 3.85. The van der Waals surface area contributed by atoms with E-state index in [4.69, 9.17) is 4.74 Å². The Balaban J connectivity index is 1.96. The fraction of sp³-hybridized carbons (Fsp3) is 0.375. The van der Waals surface area contributed by atoms with Gasteiger partial charge in [0.2, 0.25) is 0 Å². The van der Waals surface area contributed by atoms with E-state index in [2.05, 4.69) is 31.1 Å². The molecule has 0 spiro atoms. The van der Waals surface area contributed by atoms with E-state index in [-0.39, 0.29) is 11.3 Å². The zero-order chi connectivity index (χ0) is 15.5. The summed E-state index contributed by atoms with van der Waals surface area (Å²) >= 11 is 1.38. The lowest BCUT2D eigenvalue weighted by Crippen LogP contribution is -2.30. The van der Waals surface area contributed by atoms with Crippen LogP contribution in [0.15, 0.2) is 35.8 Å². The zero-order valence-corrected chi connectivity index (χ0v) is 13.5. The third kappa shape index (κ3) is 4.29. The van der Waals surface area contributed by atoms with Crippen LogP contribution in [0.5, 0.6) is 5.75 Å². The summed E-state index contributed by atoms with van der Waals surface area (Å²) in [6.45, 7) is 8.20. The van der Waals surface area contributed by atoms with Crippen molar-refractivity contribution in [1.82, 2.24) is 4.98 Å². The normalized spacial score (nSPS) is 12.8. The Bertz CT molecular complexity index is 586. The first-order chi connectivity index (χ1) is 9.86. The molecule has 5 heteroatoms. The molecule has 0 saturated carbocycles. The van der Waals surface area contributed by atoms with Crippen molar-refractivity contribution in [2.45, 2.75) is 39.2 Å². The van der Waals surface area contributed by atoms with E-state index in [0.29, 0.717) is 10.9 Å². The molecule has 0 unspecified atom stereocenters. The van der Waals surface area contributed by atoms with Crippen molar-refractivity contribution in [2.75, 3.05) is 5.32 Å². The molecule has 1 N–H and O–H groups in total. The predicted molar refractivity (Wildman–Crippen MR) is 86.0 cm³/mol. The SMILES string of the molecule is C[C@H](Oc1ccc(C(C)(C)C)cc1)C(=O)Nc1nccs1. The number of thiazole rings is 1. The average molecular weight is 304 g/mol. The van der Waals surface area contributed by atoms with Crippen LogP contribution in [0.2, 0.25) is 0 Å². The number of anilines is 1. The van der Waals surface area contributed by atoms with Gasteiger partial charge in [-0.15, -0.1) is 11.3 Å². The Morgan fingerprint density at radius 3 is 2.48 bits per heavy atom. The summed E-state index contributed by atoms with van der Waals surface area (Å²) in [6.07, 6.45) is 1.08. The van der Waals surface area contributed by atoms with Crippen molar-refractivity contribution in [1.29, 1.82) is 0 Å². The zero-order valence-electron chi connectivity index (χ0n) is 12.7. The van der Waals surface area contributed by atoms with Crippen molar-refractivity contribution in [3.05, 3.63) is 41.4 Å². The molecule has 1 aromatic heterocycles. The average Bonchev–Trinajstić information content (AvgIpc) is 2.91. The third-order valence-corrected chi connectivity index (χ3v) is 3.75. The molecule has 2 rings (SSSR count). The number of aromatic nitrogens is 1. The van der Waals surface area contributed by atoms with Crippen molar-refractivity contribution >= 4 is 22.4 Å². The minimum absolute atomic E-state index is 0.104. The molecule has 0 fully saturated rings. The monoisotopic (exact) mass is 304 g/mol. The van der Waals surface area contributed by atoms with Gasteiger partial charge < -0.3 is 4.74 Å². The van der Waals surface area contributed by atoms with Crippen LogP contribution in [0.3, 0.4) is 0 Å². The molecule has 2 aromatic rings. The molecule has 1 amide bonds. The first kappa shape index (κ1) is 15.5. The van der Waals surface area contributed by atoms with Crippen molar-refractivity contribution in [3.63, 3.8) is 0 Å². The smallest absolute Gasteiger partial charge is 0.266 e. The van der Waals surface area contributed by atoms with Crippen LogP contribution in [-0.2, 0) is 10.2 Å². The summed E-state index contributed by atoms with van der Waals surface area (Å²) in [5.41, 5.74) is 1.33. The van der Waals surface area contributed by atoms with Crippen LogP contribution in [0.1, 0.15) is 33.3 Å². The maximum atomic E-state index is 12.0. The van der Waals surface area contributed by atoms with E-state index >= 15 is 0 Å². The first-order valence-corrected chi connectivity index (χ1v) is 7.72. The van der Waals surface area contributed by atoms with E-state index in [1.165, 1.54) is 16.9 Å². The summed E-state index contributed by atoms with van der Waals surface area (Å²) in [5.74, 6) is 0.481. The number of carbonyl (C=O) groups is 1. The highest BCUT2D eigenvalue weighted by atomic mass is 32.1. The largest absolute Gasteiger partial charge is 0.481 e. The molecule has 1 aromatic carbocycles. The number of rotatable bonds is 4. The van der Waals surface area contributed by atoms with Gasteiger partial charge in [0.15, 0.2) is 11.2 Å². The highest BCUT2D eigenvalue weighted by Gasteiger charge is 2.17. The van der Waals surface area contributed by atoms with Gasteiger partial charge in [0, 0.05) is 11.6 Å². The van der Waals surface area contributed by atoms with Gasteiger partial charge in [0.05, 0.1) is 0 Å². The number of hydrogen-bond donors (Lipinski definition) is 1. The fourth-order valence-electron chi connectivity index (χ4n) is 1.78. The lowest BCUT2D eigenvalue weighted by molar-refractivity contribution is -0.122. The minimum Gasteiger partial charge on any atom is -0.481 e. The quantitative estimate of drug-likeness (QED) is 0.933.